The van der Waals surface area contributed by atoms with Crippen LogP contribution in [0.25, 0.3) is 0 Å². The van der Waals surface area contributed by atoms with Crippen LogP contribution in [0.15, 0.2) is 17.0 Å². The average Bonchev–Trinajstić information content (AvgIpc) is 2.85. The highest BCUT2D eigenvalue weighted by Gasteiger charge is 2.24. The molecule has 1 atom stereocenters. The van der Waals surface area contributed by atoms with Crippen molar-refractivity contribution >= 4 is 10.0 Å². The molecular weight excluding hydrogens is 288 g/mol. The highest BCUT2D eigenvalue weighted by atomic mass is 32.2. The van der Waals surface area contributed by atoms with Crippen molar-refractivity contribution in [2.45, 2.75) is 31.8 Å². The number of nitrogens with zero attached hydrogens (tertiary/aromatic N) is 1. The first kappa shape index (κ1) is 16.4. The highest BCUT2D eigenvalue weighted by Crippen LogP contribution is 2.22. The lowest BCUT2D eigenvalue weighted by Crippen LogP contribution is -2.31. The lowest BCUT2D eigenvalue weighted by atomic mass is 10.1. The summed E-state index contributed by atoms with van der Waals surface area (Å²) in [4.78, 5) is 2.48. The molecule has 1 unspecified atom stereocenters. The van der Waals surface area contributed by atoms with E-state index in [9.17, 15) is 13.5 Å². The fourth-order valence-corrected chi connectivity index (χ4v) is 4.25. The first-order valence-electron chi connectivity index (χ1n) is 7.22. The monoisotopic (exact) mass is 312 g/mol. The zero-order valence-electron chi connectivity index (χ0n) is 12.9. The minimum atomic E-state index is -3.53. The molecule has 0 amide bonds. The van der Waals surface area contributed by atoms with Crippen LogP contribution in [0, 0.1) is 19.8 Å². The van der Waals surface area contributed by atoms with Crippen LogP contribution in [0.2, 0.25) is 0 Å². The van der Waals surface area contributed by atoms with Crippen molar-refractivity contribution in [3.63, 3.8) is 0 Å². The number of hydrogen-bond donors (Lipinski definition) is 2. The second-order valence-corrected chi connectivity index (χ2v) is 7.70. The molecule has 118 valence electrons. The molecule has 2 rings (SSSR count). The summed E-state index contributed by atoms with van der Waals surface area (Å²) in [6.07, 6.45) is 1.02. The smallest absolute Gasteiger partial charge is 0.240 e. The van der Waals surface area contributed by atoms with Gasteiger partial charge >= 0.3 is 0 Å². The molecule has 2 N–H and O–H groups in total. The quantitative estimate of drug-likeness (QED) is 0.852. The van der Waals surface area contributed by atoms with Crippen molar-refractivity contribution in [3.05, 3.63) is 28.8 Å². The Kier molecular flexibility index (Phi) is 5.03. The van der Waals surface area contributed by atoms with Crippen LogP contribution in [-0.4, -0.2) is 45.1 Å². The number of benzene rings is 1. The van der Waals surface area contributed by atoms with E-state index in [4.69, 9.17) is 0 Å². The first-order chi connectivity index (χ1) is 9.83. The number of aliphatic hydroxyl groups is 1. The Morgan fingerprint density at radius 3 is 2.67 bits per heavy atom. The third-order valence-corrected chi connectivity index (χ3v) is 5.75. The lowest BCUT2D eigenvalue weighted by molar-refractivity contribution is 0.281. The van der Waals surface area contributed by atoms with E-state index >= 15 is 0 Å². The van der Waals surface area contributed by atoms with Gasteiger partial charge in [-0.05, 0) is 62.5 Å². The molecule has 1 aromatic carbocycles. The zero-order chi connectivity index (χ0) is 15.6. The van der Waals surface area contributed by atoms with Crippen molar-refractivity contribution in [1.29, 1.82) is 0 Å². The van der Waals surface area contributed by atoms with Gasteiger partial charge in [-0.2, -0.15) is 0 Å². The average molecular weight is 312 g/mol. The van der Waals surface area contributed by atoms with Crippen LogP contribution in [0.5, 0.6) is 0 Å². The van der Waals surface area contributed by atoms with Gasteiger partial charge in [0.25, 0.3) is 0 Å². The standard InChI is InChI=1S/C15H24N2O3S/c1-11-6-14(10-18)7-15(12(11)2)21(19,20)16-8-13-4-5-17(3)9-13/h6-7,13,16,18H,4-5,8-10H2,1-3H3. The van der Waals surface area contributed by atoms with Gasteiger partial charge in [0.05, 0.1) is 11.5 Å². The molecule has 0 spiro atoms. The molecule has 1 saturated heterocycles. The lowest BCUT2D eigenvalue weighted by Gasteiger charge is -2.15. The molecule has 1 heterocycles. The van der Waals surface area contributed by atoms with Crippen molar-refractivity contribution < 1.29 is 13.5 Å². The second-order valence-electron chi connectivity index (χ2n) is 5.96. The Bertz CT molecular complexity index is 614. The molecule has 1 aliphatic rings. The van der Waals surface area contributed by atoms with Gasteiger partial charge in [0.1, 0.15) is 0 Å². The summed E-state index contributed by atoms with van der Waals surface area (Å²) in [7, 11) is -1.48. The zero-order valence-corrected chi connectivity index (χ0v) is 13.7. The van der Waals surface area contributed by atoms with Gasteiger partial charge in [-0.15, -0.1) is 0 Å². The fraction of sp³-hybridized carbons (Fsp3) is 0.600. The van der Waals surface area contributed by atoms with E-state index in [1.54, 1.807) is 13.0 Å². The summed E-state index contributed by atoms with van der Waals surface area (Å²) in [6, 6.07) is 3.38. The van der Waals surface area contributed by atoms with Crippen molar-refractivity contribution in [2.75, 3.05) is 26.7 Å². The molecular formula is C15H24N2O3S. The van der Waals surface area contributed by atoms with E-state index < -0.39 is 10.0 Å². The maximum Gasteiger partial charge on any atom is 0.240 e. The predicted octanol–water partition coefficient (Wildman–Crippen LogP) is 1.03. The van der Waals surface area contributed by atoms with E-state index in [0.717, 1.165) is 30.6 Å². The third-order valence-electron chi connectivity index (χ3n) is 4.20. The molecule has 0 saturated carbocycles. The maximum absolute atomic E-state index is 12.5. The summed E-state index contributed by atoms with van der Waals surface area (Å²) in [6.45, 7) is 5.92. The van der Waals surface area contributed by atoms with Crippen LogP contribution >= 0.6 is 0 Å². The topological polar surface area (TPSA) is 69.6 Å². The highest BCUT2D eigenvalue weighted by molar-refractivity contribution is 7.89. The summed E-state index contributed by atoms with van der Waals surface area (Å²) in [5.41, 5.74) is 2.24. The Labute approximate surface area is 127 Å². The number of nitrogens with one attached hydrogen (secondary N) is 1. The molecule has 1 fully saturated rings. The number of aryl methyl sites for hydroxylation is 1. The molecule has 0 radical (unpaired) electrons. The maximum atomic E-state index is 12.5. The Balaban J connectivity index is 2.17. The van der Waals surface area contributed by atoms with Gasteiger partial charge < -0.3 is 10.0 Å². The third kappa shape index (κ3) is 3.83. The number of rotatable bonds is 5. The number of hydrogen-bond acceptors (Lipinski definition) is 4. The summed E-state index contributed by atoms with van der Waals surface area (Å²) >= 11 is 0. The van der Waals surface area contributed by atoms with Gasteiger partial charge in [-0.25, -0.2) is 13.1 Å². The van der Waals surface area contributed by atoms with E-state index in [1.165, 1.54) is 0 Å². The van der Waals surface area contributed by atoms with E-state index in [1.807, 2.05) is 20.0 Å². The van der Waals surface area contributed by atoms with Crippen LogP contribution in [0.3, 0.4) is 0 Å². The SMILES string of the molecule is Cc1cc(CO)cc(S(=O)(=O)NCC2CCN(C)C2)c1C. The molecule has 5 nitrogen and oxygen atoms in total. The Morgan fingerprint density at radius 1 is 1.38 bits per heavy atom. The molecule has 0 bridgehead atoms. The molecule has 0 aliphatic carbocycles. The van der Waals surface area contributed by atoms with Gasteiger partial charge in [-0.1, -0.05) is 6.07 Å². The van der Waals surface area contributed by atoms with Gasteiger partial charge in [0, 0.05) is 13.1 Å². The first-order valence-corrected chi connectivity index (χ1v) is 8.71. The molecule has 1 aromatic rings. The molecule has 1 aliphatic heterocycles. The molecule has 0 aromatic heterocycles. The second kappa shape index (κ2) is 6.44. The number of sulfonamides is 1. The van der Waals surface area contributed by atoms with Crippen LogP contribution in [-0.2, 0) is 16.6 Å². The largest absolute Gasteiger partial charge is 0.392 e. The van der Waals surface area contributed by atoms with E-state index in [0.29, 0.717) is 18.0 Å². The minimum Gasteiger partial charge on any atom is -0.392 e. The van der Waals surface area contributed by atoms with Crippen LogP contribution in [0.1, 0.15) is 23.1 Å². The van der Waals surface area contributed by atoms with Crippen LogP contribution < -0.4 is 4.72 Å². The molecule has 21 heavy (non-hydrogen) atoms. The van der Waals surface area contributed by atoms with Gasteiger partial charge in [0.2, 0.25) is 10.0 Å². The van der Waals surface area contributed by atoms with Crippen molar-refractivity contribution in [1.82, 2.24) is 9.62 Å². The summed E-state index contributed by atoms with van der Waals surface area (Å²) in [5.74, 6) is 0.368. The fourth-order valence-electron chi connectivity index (χ4n) is 2.77. The van der Waals surface area contributed by atoms with Gasteiger partial charge in [-0.3, -0.25) is 0 Å². The van der Waals surface area contributed by atoms with E-state index in [2.05, 4.69) is 9.62 Å². The van der Waals surface area contributed by atoms with Crippen molar-refractivity contribution in [3.8, 4) is 0 Å². The molecule has 6 heteroatoms. The summed E-state index contributed by atoms with van der Waals surface area (Å²) < 4.78 is 27.7. The predicted molar refractivity (Wildman–Crippen MR) is 82.6 cm³/mol. The van der Waals surface area contributed by atoms with Crippen molar-refractivity contribution in [2.24, 2.45) is 5.92 Å². The Hall–Kier alpha value is -0.950. The number of likely N-dealkylation sites (tertiary alicyclic amines) is 1. The minimum absolute atomic E-state index is 0.156. The summed E-state index contributed by atoms with van der Waals surface area (Å²) in [5, 5.41) is 9.25. The number of aliphatic hydroxyl groups excluding tert-OH is 1. The van der Waals surface area contributed by atoms with Crippen LogP contribution in [0.4, 0.5) is 0 Å². The Morgan fingerprint density at radius 2 is 2.10 bits per heavy atom. The normalized spacial score (nSPS) is 20.1. The van der Waals surface area contributed by atoms with Gasteiger partial charge in [0.15, 0.2) is 0 Å². The van der Waals surface area contributed by atoms with E-state index in [-0.39, 0.29) is 11.5 Å².